The molecule has 0 aliphatic heterocycles. The molecular formula is C7H5FINO2. The van der Waals surface area contributed by atoms with Gasteiger partial charge in [0, 0.05) is 9.26 Å². The minimum Gasteiger partial charge on any atom is -0.478 e. The molecule has 0 aliphatic carbocycles. The van der Waals surface area contributed by atoms with E-state index in [1.165, 1.54) is 0 Å². The molecule has 12 heavy (non-hydrogen) atoms. The molecule has 0 saturated heterocycles. The molecule has 0 radical (unpaired) electrons. The fourth-order valence-corrected chi connectivity index (χ4v) is 1.16. The molecule has 0 atom stereocenters. The molecule has 0 bridgehead atoms. The highest BCUT2D eigenvalue weighted by molar-refractivity contribution is 14.1. The van der Waals surface area contributed by atoms with E-state index < -0.39 is 17.3 Å². The zero-order valence-electron chi connectivity index (χ0n) is 5.84. The summed E-state index contributed by atoms with van der Waals surface area (Å²) < 4.78 is 13.3. The van der Waals surface area contributed by atoms with E-state index in [1.807, 2.05) is 22.6 Å². The van der Waals surface area contributed by atoms with Crippen molar-refractivity contribution in [3.8, 4) is 0 Å². The lowest BCUT2D eigenvalue weighted by molar-refractivity contribution is 0.0692. The van der Waals surface area contributed by atoms with Gasteiger partial charge < -0.3 is 10.8 Å². The van der Waals surface area contributed by atoms with Gasteiger partial charge in [-0.1, -0.05) is 0 Å². The van der Waals surface area contributed by atoms with Gasteiger partial charge in [-0.3, -0.25) is 0 Å². The summed E-state index contributed by atoms with van der Waals surface area (Å²) in [5.41, 5.74) is 5.27. The van der Waals surface area contributed by atoms with Gasteiger partial charge in [-0.25, -0.2) is 9.18 Å². The summed E-state index contributed by atoms with van der Waals surface area (Å²) in [4.78, 5) is 10.4. The van der Waals surface area contributed by atoms with Crippen molar-refractivity contribution in [2.45, 2.75) is 0 Å². The standard InChI is InChI=1S/C7H5FINO2/c8-4-2-5(9)6(10)1-3(4)7(11)12/h1-2H,10H2,(H,11,12). The minimum absolute atomic E-state index is 0.273. The lowest BCUT2D eigenvalue weighted by Crippen LogP contribution is -2.03. The van der Waals surface area contributed by atoms with Crippen molar-refractivity contribution >= 4 is 34.2 Å². The molecule has 1 aromatic carbocycles. The van der Waals surface area contributed by atoms with E-state index in [0.717, 1.165) is 12.1 Å². The van der Waals surface area contributed by atoms with Gasteiger partial charge in [-0.05, 0) is 34.7 Å². The summed E-state index contributed by atoms with van der Waals surface area (Å²) in [6.45, 7) is 0. The van der Waals surface area contributed by atoms with E-state index in [4.69, 9.17) is 10.8 Å². The molecule has 5 heteroatoms. The van der Waals surface area contributed by atoms with Crippen LogP contribution in [-0.4, -0.2) is 11.1 Å². The first-order valence-corrected chi connectivity index (χ1v) is 4.08. The van der Waals surface area contributed by atoms with Crippen LogP contribution >= 0.6 is 22.6 Å². The third-order valence-corrected chi connectivity index (χ3v) is 2.25. The summed E-state index contributed by atoms with van der Waals surface area (Å²) in [7, 11) is 0. The van der Waals surface area contributed by atoms with E-state index in [1.54, 1.807) is 0 Å². The van der Waals surface area contributed by atoms with Crippen LogP contribution in [0.3, 0.4) is 0 Å². The van der Waals surface area contributed by atoms with Crippen LogP contribution in [0.5, 0.6) is 0 Å². The van der Waals surface area contributed by atoms with Gasteiger partial charge in [0.05, 0.1) is 5.56 Å². The van der Waals surface area contributed by atoms with Crippen molar-refractivity contribution in [3.63, 3.8) is 0 Å². The number of halogens is 2. The SMILES string of the molecule is Nc1cc(C(=O)O)c(F)cc1I. The van der Waals surface area contributed by atoms with E-state index in [-0.39, 0.29) is 5.69 Å². The molecule has 3 N–H and O–H groups in total. The summed E-state index contributed by atoms with van der Waals surface area (Å²) in [5.74, 6) is -2.07. The van der Waals surface area contributed by atoms with Crippen molar-refractivity contribution in [2.75, 3.05) is 5.73 Å². The number of hydrogen-bond acceptors (Lipinski definition) is 2. The number of carboxylic acid groups (broad SMARTS) is 1. The molecule has 0 saturated carbocycles. The van der Waals surface area contributed by atoms with Gasteiger partial charge in [-0.15, -0.1) is 0 Å². The molecule has 0 amide bonds. The molecule has 3 nitrogen and oxygen atoms in total. The average molecular weight is 281 g/mol. The number of aromatic carboxylic acids is 1. The van der Waals surface area contributed by atoms with Crippen LogP contribution in [0.4, 0.5) is 10.1 Å². The van der Waals surface area contributed by atoms with Gasteiger partial charge in [0.1, 0.15) is 5.82 Å². The maximum atomic E-state index is 12.8. The van der Waals surface area contributed by atoms with Crippen molar-refractivity contribution in [1.82, 2.24) is 0 Å². The van der Waals surface area contributed by atoms with Crippen molar-refractivity contribution in [2.24, 2.45) is 0 Å². The molecule has 1 aromatic rings. The zero-order chi connectivity index (χ0) is 9.30. The van der Waals surface area contributed by atoms with E-state index >= 15 is 0 Å². The van der Waals surface area contributed by atoms with Gasteiger partial charge in [0.15, 0.2) is 0 Å². The Morgan fingerprint density at radius 1 is 1.58 bits per heavy atom. The average Bonchev–Trinajstić information content (AvgIpc) is 1.96. The molecular weight excluding hydrogens is 276 g/mol. The molecule has 0 heterocycles. The number of carboxylic acids is 1. The number of hydrogen-bond donors (Lipinski definition) is 2. The second kappa shape index (κ2) is 3.26. The fourth-order valence-electron chi connectivity index (χ4n) is 0.730. The Balaban J connectivity index is 3.33. The molecule has 1 rings (SSSR count). The Morgan fingerprint density at radius 2 is 2.17 bits per heavy atom. The first kappa shape index (κ1) is 9.24. The summed E-state index contributed by atoms with van der Waals surface area (Å²) in [6, 6.07) is 2.21. The van der Waals surface area contributed by atoms with Gasteiger partial charge in [-0.2, -0.15) is 0 Å². The van der Waals surface area contributed by atoms with Crippen molar-refractivity contribution < 1.29 is 14.3 Å². The van der Waals surface area contributed by atoms with Crippen LogP contribution in [0, 0.1) is 9.39 Å². The van der Waals surface area contributed by atoms with Crippen LogP contribution in [0.2, 0.25) is 0 Å². The Bertz CT molecular complexity index is 340. The summed E-state index contributed by atoms with van der Waals surface area (Å²) in [6.07, 6.45) is 0. The largest absolute Gasteiger partial charge is 0.478 e. The van der Waals surface area contributed by atoms with Crippen LogP contribution in [0.15, 0.2) is 12.1 Å². The third kappa shape index (κ3) is 1.66. The van der Waals surface area contributed by atoms with Crippen molar-refractivity contribution in [1.29, 1.82) is 0 Å². The Hall–Kier alpha value is -0.850. The number of anilines is 1. The first-order chi connectivity index (χ1) is 5.52. The van der Waals surface area contributed by atoms with Crippen LogP contribution in [0.25, 0.3) is 0 Å². The normalized spacial score (nSPS) is 9.83. The lowest BCUT2D eigenvalue weighted by atomic mass is 10.2. The number of rotatable bonds is 1. The lowest BCUT2D eigenvalue weighted by Gasteiger charge is -2.01. The third-order valence-electron chi connectivity index (χ3n) is 1.32. The molecule has 0 aliphatic rings. The Labute approximate surface area is 81.5 Å². The predicted molar refractivity (Wildman–Crippen MR) is 50.5 cm³/mol. The van der Waals surface area contributed by atoms with E-state index in [0.29, 0.717) is 3.57 Å². The predicted octanol–water partition coefficient (Wildman–Crippen LogP) is 1.71. The van der Waals surface area contributed by atoms with Crippen LogP contribution < -0.4 is 5.73 Å². The number of carbonyl (C=O) groups is 1. The van der Waals surface area contributed by atoms with Crippen LogP contribution in [0.1, 0.15) is 10.4 Å². The Kier molecular flexibility index (Phi) is 2.51. The molecule has 0 fully saturated rings. The van der Waals surface area contributed by atoms with E-state index in [9.17, 15) is 9.18 Å². The quantitative estimate of drug-likeness (QED) is 0.608. The monoisotopic (exact) mass is 281 g/mol. The van der Waals surface area contributed by atoms with E-state index in [2.05, 4.69) is 0 Å². The highest BCUT2D eigenvalue weighted by Crippen LogP contribution is 2.19. The maximum absolute atomic E-state index is 12.8. The zero-order valence-corrected chi connectivity index (χ0v) is 8.00. The van der Waals surface area contributed by atoms with Crippen LogP contribution in [-0.2, 0) is 0 Å². The second-order valence-corrected chi connectivity index (χ2v) is 3.32. The molecule has 0 aromatic heterocycles. The number of benzene rings is 1. The Morgan fingerprint density at radius 3 is 2.67 bits per heavy atom. The van der Waals surface area contributed by atoms with Gasteiger partial charge >= 0.3 is 5.97 Å². The summed E-state index contributed by atoms with van der Waals surface area (Å²) >= 11 is 1.83. The van der Waals surface area contributed by atoms with Crippen molar-refractivity contribution in [3.05, 3.63) is 27.1 Å². The fraction of sp³-hybridized carbons (Fsp3) is 0. The smallest absolute Gasteiger partial charge is 0.338 e. The highest BCUT2D eigenvalue weighted by Gasteiger charge is 2.11. The summed E-state index contributed by atoms with van der Waals surface area (Å²) in [5, 5.41) is 8.48. The molecule has 0 unspecified atom stereocenters. The van der Waals surface area contributed by atoms with Gasteiger partial charge in [0.25, 0.3) is 0 Å². The number of nitrogen functional groups attached to an aromatic ring is 1. The highest BCUT2D eigenvalue weighted by atomic mass is 127. The molecule has 64 valence electrons. The number of nitrogens with two attached hydrogens (primary N) is 1. The topological polar surface area (TPSA) is 63.3 Å². The molecule has 0 spiro atoms. The first-order valence-electron chi connectivity index (χ1n) is 3.00. The van der Waals surface area contributed by atoms with Gasteiger partial charge in [0.2, 0.25) is 0 Å². The second-order valence-electron chi connectivity index (χ2n) is 2.16. The minimum atomic E-state index is -1.31. The maximum Gasteiger partial charge on any atom is 0.338 e.